The van der Waals surface area contributed by atoms with Gasteiger partial charge in [0, 0.05) is 0 Å². The SMILES string of the molecule is CC.CCC(C)Oc1ccc(OC)cc1. The van der Waals surface area contributed by atoms with Gasteiger partial charge in [-0.2, -0.15) is 0 Å². The molecule has 0 aromatic heterocycles. The molecule has 86 valence electrons. The van der Waals surface area contributed by atoms with Crippen molar-refractivity contribution in [3.8, 4) is 11.5 Å². The van der Waals surface area contributed by atoms with Crippen molar-refractivity contribution in [3.05, 3.63) is 24.3 Å². The predicted molar refractivity (Wildman–Crippen MR) is 64.7 cm³/mol. The number of rotatable bonds is 4. The highest BCUT2D eigenvalue weighted by Gasteiger charge is 2.00. The molecule has 0 amide bonds. The van der Waals surface area contributed by atoms with Crippen molar-refractivity contribution in [2.24, 2.45) is 0 Å². The molecule has 0 fully saturated rings. The highest BCUT2D eigenvalue weighted by Crippen LogP contribution is 2.18. The third kappa shape index (κ3) is 5.31. The Morgan fingerprint density at radius 3 is 1.93 bits per heavy atom. The van der Waals surface area contributed by atoms with Gasteiger partial charge in [-0.3, -0.25) is 0 Å². The Labute approximate surface area is 93.2 Å². The van der Waals surface area contributed by atoms with Crippen LogP contribution in [0.2, 0.25) is 0 Å². The molecule has 0 aliphatic heterocycles. The second kappa shape index (κ2) is 8.16. The van der Waals surface area contributed by atoms with Crippen molar-refractivity contribution in [3.63, 3.8) is 0 Å². The number of hydrogen-bond donors (Lipinski definition) is 0. The minimum absolute atomic E-state index is 0.272. The van der Waals surface area contributed by atoms with E-state index in [2.05, 4.69) is 13.8 Å². The van der Waals surface area contributed by atoms with E-state index >= 15 is 0 Å². The lowest BCUT2D eigenvalue weighted by atomic mass is 10.3. The summed E-state index contributed by atoms with van der Waals surface area (Å²) in [7, 11) is 1.66. The molecule has 1 rings (SSSR count). The molecule has 0 bridgehead atoms. The molecule has 1 unspecified atom stereocenters. The predicted octanol–water partition coefficient (Wildman–Crippen LogP) is 3.90. The van der Waals surface area contributed by atoms with E-state index in [0.717, 1.165) is 17.9 Å². The van der Waals surface area contributed by atoms with Crippen LogP contribution in [0.1, 0.15) is 34.1 Å². The average molecular weight is 210 g/mol. The fourth-order valence-electron chi connectivity index (χ4n) is 0.970. The molecule has 0 saturated heterocycles. The topological polar surface area (TPSA) is 18.5 Å². The van der Waals surface area contributed by atoms with E-state index in [1.54, 1.807) is 7.11 Å². The van der Waals surface area contributed by atoms with E-state index in [1.165, 1.54) is 0 Å². The van der Waals surface area contributed by atoms with Gasteiger partial charge in [0.1, 0.15) is 11.5 Å². The van der Waals surface area contributed by atoms with Gasteiger partial charge in [-0.15, -0.1) is 0 Å². The molecule has 0 aliphatic rings. The second-order valence-corrected chi connectivity index (χ2v) is 3.01. The van der Waals surface area contributed by atoms with Gasteiger partial charge in [0.15, 0.2) is 0 Å². The Balaban J connectivity index is 0.000000921. The Morgan fingerprint density at radius 1 is 1.07 bits per heavy atom. The number of hydrogen-bond acceptors (Lipinski definition) is 2. The van der Waals surface area contributed by atoms with E-state index < -0.39 is 0 Å². The molecule has 2 heteroatoms. The van der Waals surface area contributed by atoms with E-state index in [9.17, 15) is 0 Å². The molecule has 0 N–H and O–H groups in total. The molecule has 1 aromatic rings. The van der Waals surface area contributed by atoms with Crippen LogP contribution in [-0.2, 0) is 0 Å². The maximum atomic E-state index is 5.61. The summed E-state index contributed by atoms with van der Waals surface area (Å²) in [5.74, 6) is 1.76. The number of ether oxygens (including phenoxy) is 2. The summed E-state index contributed by atoms with van der Waals surface area (Å²) in [6.07, 6.45) is 1.29. The third-order valence-electron chi connectivity index (χ3n) is 1.97. The summed E-state index contributed by atoms with van der Waals surface area (Å²) in [5.41, 5.74) is 0. The molecule has 0 heterocycles. The van der Waals surface area contributed by atoms with Crippen LogP contribution >= 0.6 is 0 Å². The lowest BCUT2D eigenvalue weighted by Gasteiger charge is -2.12. The average Bonchev–Trinajstić information content (AvgIpc) is 2.32. The quantitative estimate of drug-likeness (QED) is 0.750. The van der Waals surface area contributed by atoms with Gasteiger partial charge >= 0.3 is 0 Å². The van der Waals surface area contributed by atoms with Crippen molar-refractivity contribution in [1.82, 2.24) is 0 Å². The second-order valence-electron chi connectivity index (χ2n) is 3.01. The first-order valence-corrected chi connectivity index (χ1v) is 5.57. The normalized spacial score (nSPS) is 11.0. The minimum atomic E-state index is 0.272. The first-order valence-electron chi connectivity index (χ1n) is 5.57. The number of methoxy groups -OCH3 is 1. The van der Waals surface area contributed by atoms with Crippen LogP contribution in [0.4, 0.5) is 0 Å². The molecule has 1 aromatic carbocycles. The zero-order chi connectivity index (χ0) is 11.7. The maximum Gasteiger partial charge on any atom is 0.119 e. The van der Waals surface area contributed by atoms with Crippen LogP contribution < -0.4 is 9.47 Å². The smallest absolute Gasteiger partial charge is 0.119 e. The molecule has 15 heavy (non-hydrogen) atoms. The zero-order valence-corrected chi connectivity index (χ0v) is 10.4. The molecule has 1 atom stereocenters. The summed E-state index contributed by atoms with van der Waals surface area (Å²) in [4.78, 5) is 0. The van der Waals surface area contributed by atoms with Crippen LogP contribution in [-0.4, -0.2) is 13.2 Å². The third-order valence-corrected chi connectivity index (χ3v) is 1.97. The van der Waals surface area contributed by atoms with Gasteiger partial charge in [-0.25, -0.2) is 0 Å². The van der Waals surface area contributed by atoms with Crippen LogP contribution in [0.15, 0.2) is 24.3 Å². The van der Waals surface area contributed by atoms with Crippen molar-refractivity contribution < 1.29 is 9.47 Å². The van der Waals surface area contributed by atoms with E-state index in [0.29, 0.717) is 0 Å². The molecule has 2 nitrogen and oxygen atoms in total. The van der Waals surface area contributed by atoms with Gasteiger partial charge in [0.2, 0.25) is 0 Å². The van der Waals surface area contributed by atoms with Gasteiger partial charge in [0.25, 0.3) is 0 Å². The summed E-state index contributed by atoms with van der Waals surface area (Å²) >= 11 is 0. The van der Waals surface area contributed by atoms with E-state index in [4.69, 9.17) is 9.47 Å². The Hall–Kier alpha value is -1.18. The monoisotopic (exact) mass is 210 g/mol. The number of benzene rings is 1. The zero-order valence-electron chi connectivity index (χ0n) is 10.4. The van der Waals surface area contributed by atoms with Crippen molar-refractivity contribution >= 4 is 0 Å². The Kier molecular flexibility index (Phi) is 7.51. The van der Waals surface area contributed by atoms with E-state index in [1.807, 2.05) is 38.1 Å². The van der Waals surface area contributed by atoms with Crippen LogP contribution in [0.5, 0.6) is 11.5 Å². The summed E-state index contributed by atoms with van der Waals surface area (Å²) in [6, 6.07) is 7.64. The molecule has 0 radical (unpaired) electrons. The van der Waals surface area contributed by atoms with Crippen molar-refractivity contribution in [2.75, 3.05) is 7.11 Å². The highest BCUT2D eigenvalue weighted by atomic mass is 16.5. The molecule has 0 spiro atoms. The van der Waals surface area contributed by atoms with Crippen LogP contribution in [0.3, 0.4) is 0 Å². The molecule has 0 aliphatic carbocycles. The van der Waals surface area contributed by atoms with Crippen molar-refractivity contribution in [1.29, 1.82) is 0 Å². The van der Waals surface area contributed by atoms with E-state index in [-0.39, 0.29) is 6.10 Å². The first-order chi connectivity index (χ1) is 7.26. The standard InChI is InChI=1S/C11H16O2.C2H6/c1-4-9(2)13-11-7-5-10(12-3)6-8-11;1-2/h5-9H,4H2,1-3H3;1-2H3. The summed E-state index contributed by atoms with van der Waals surface area (Å²) in [5, 5.41) is 0. The lowest BCUT2D eigenvalue weighted by molar-refractivity contribution is 0.217. The Bertz CT molecular complexity index is 241. The van der Waals surface area contributed by atoms with Crippen LogP contribution in [0, 0.1) is 0 Å². The van der Waals surface area contributed by atoms with Gasteiger partial charge < -0.3 is 9.47 Å². The fourth-order valence-corrected chi connectivity index (χ4v) is 0.970. The highest BCUT2D eigenvalue weighted by molar-refractivity contribution is 5.31. The lowest BCUT2D eigenvalue weighted by Crippen LogP contribution is -2.09. The van der Waals surface area contributed by atoms with Gasteiger partial charge in [-0.05, 0) is 37.6 Å². The minimum Gasteiger partial charge on any atom is -0.497 e. The summed E-state index contributed by atoms with van der Waals surface area (Å²) < 4.78 is 10.7. The largest absolute Gasteiger partial charge is 0.497 e. The summed E-state index contributed by atoms with van der Waals surface area (Å²) in [6.45, 7) is 8.17. The molecular formula is C13H22O2. The first kappa shape index (κ1) is 13.8. The molecule has 0 saturated carbocycles. The van der Waals surface area contributed by atoms with Crippen molar-refractivity contribution in [2.45, 2.75) is 40.2 Å². The van der Waals surface area contributed by atoms with Gasteiger partial charge in [-0.1, -0.05) is 20.8 Å². The maximum absolute atomic E-state index is 5.61. The van der Waals surface area contributed by atoms with Gasteiger partial charge in [0.05, 0.1) is 13.2 Å². The molecular weight excluding hydrogens is 188 g/mol. The Morgan fingerprint density at radius 2 is 1.53 bits per heavy atom. The van der Waals surface area contributed by atoms with Crippen LogP contribution in [0.25, 0.3) is 0 Å². The fraction of sp³-hybridized carbons (Fsp3) is 0.538.